The zero-order valence-electron chi connectivity index (χ0n) is 10.8. The highest BCUT2D eigenvalue weighted by Crippen LogP contribution is 2.18. The first-order valence-corrected chi connectivity index (χ1v) is 6.94. The van der Waals surface area contributed by atoms with E-state index in [0.717, 1.165) is 5.56 Å². The molecule has 0 bridgehead atoms. The van der Waals surface area contributed by atoms with Gasteiger partial charge in [-0.05, 0) is 13.8 Å². The number of nitrogens with one attached hydrogen (secondary N) is 1. The lowest BCUT2D eigenvalue weighted by molar-refractivity contribution is -0.144. The molecule has 0 aliphatic rings. The Morgan fingerprint density at radius 2 is 2.11 bits per heavy atom. The number of hydrogen-bond donors (Lipinski definition) is 1. The molecule has 6 heteroatoms. The Morgan fingerprint density at radius 3 is 2.79 bits per heavy atom. The molecule has 5 nitrogen and oxygen atoms in total. The van der Waals surface area contributed by atoms with E-state index in [0.29, 0.717) is 11.0 Å². The molecule has 0 aliphatic heterocycles. The Kier molecular flexibility index (Phi) is 4.57. The van der Waals surface area contributed by atoms with Crippen molar-refractivity contribution in [2.24, 2.45) is 0 Å². The first-order valence-electron chi connectivity index (χ1n) is 5.95. The van der Waals surface area contributed by atoms with Crippen molar-refractivity contribution < 1.29 is 9.53 Å². The van der Waals surface area contributed by atoms with Gasteiger partial charge in [-0.1, -0.05) is 42.1 Å². The molecule has 2 rings (SSSR count). The normalized spacial score (nSPS) is 10.7. The van der Waals surface area contributed by atoms with Gasteiger partial charge in [-0.2, -0.15) is 0 Å². The van der Waals surface area contributed by atoms with E-state index in [1.807, 2.05) is 44.2 Å². The lowest BCUT2D eigenvalue weighted by Gasteiger charge is -2.05. The molecule has 0 amide bonds. The van der Waals surface area contributed by atoms with E-state index in [-0.39, 0.29) is 17.8 Å². The highest BCUT2D eigenvalue weighted by atomic mass is 32.2. The van der Waals surface area contributed by atoms with Gasteiger partial charge in [0.05, 0.1) is 11.9 Å². The number of esters is 1. The summed E-state index contributed by atoms with van der Waals surface area (Å²) in [4.78, 5) is 15.7. The van der Waals surface area contributed by atoms with Crippen molar-refractivity contribution in [1.29, 1.82) is 0 Å². The van der Waals surface area contributed by atoms with Crippen molar-refractivity contribution in [3.8, 4) is 11.4 Å². The van der Waals surface area contributed by atoms with E-state index >= 15 is 0 Å². The number of aromatic amines is 1. The van der Waals surface area contributed by atoms with Crippen molar-refractivity contribution >= 4 is 17.7 Å². The van der Waals surface area contributed by atoms with Crippen molar-refractivity contribution in [2.75, 3.05) is 5.75 Å². The summed E-state index contributed by atoms with van der Waals surface area (Å²) in [6, 6.07) is 9.71. The number of carbonyl (C=O) groups excluding carboxylic acids is 1. The average Bonchev–Trinajstić information content (AvgIpc) is 2.85. The molecule has 0 fully saturated rings. The maximum absolute atomic E-state index is 11.4. The van der Waals surface area contributed by atoms with Crippen LogP contribution in [0.3, 0.4) is 0 Å². The molecule has 1 N–H and O–H groups in total. The van der Waals surface area contributed by atoms with Crippen LogP contribution in [0.1, 0.15) is 13.8 Å². The van der Waals surface area contributed by atoms with Crippen LogP contribution in [0.2, 0.25) is 0 Å². The van der Waals surface area contributed by atoms with Crippen LogP contribution in [0.25, 0.3) is 11.4 Å². The zero-order chi connectivity index (χ0) is 13.7. The van der Waals surface area contributed by atoms with Crippen molar-refractivity contribution in [3.05, 3.63) is 30.3 Å². The van der Waals surface area contributed by atoms with E-state index in [1.54, 1.807) is 0 Å². The number of thioether (sulfide) groups is 1. The van der Waals surface area contributed by atoms with E-state index in [4.69, 9.17) is 4.74 Å². The first kappa shape index (κ1) is 13.6. The van der Waals surface area contributed by atoms with Gasteiger partial charge in [-0.3, -0.25) is 9.89 Å². The number of nitrogens with zero attached hydrogens (tertiary/aromatic N) is 2. The van der Waals surface area contributed by atoms with E-state index < -0.39 is 0 Å². The molecule has 0 atom stereocenters. The van der Waals surface area contributed by atoms with Gasteiger partial charge in [0.1, 0.15) is 0 Å². The van der Waals surface area contributed by atoms with Crippen LogP contribution in [0.15, 0.2) is 35.5 Å². The Balaban J connectivity index is 1.93. The Morgan fingerprint density at radius 1 is 1.37 bits per heavy atom. The smallest absolute Gasteiger partial charge is 0.316 e. The number of rotatable bonds is 5. The van der Waals surface area contributed by atoms with Crippen LogP contribution in [0.4, 0.5) is 0 Å². The maximum Gasteiger partial charge on any atom is 0.316 e. The average molecular weight is 277 g/mol. The first-order chi connectivity index (χ1) is 9.15. The van der Waals surface area contributed by atoms with Gasteiger partial charge in [0.2, 0.25) is 5.16 Å². The fourth-order valence-electron chi connectivity index (χ4n) is 1.46. The number of aromatic nitrogens is 3. The third kappa shape index (κ3) is 4.10. The van der Waals surface area contributed by atoms with Gasteiger partial charge in [0.15, 0.2) is 5.82 Å². The summed E-state index contributed by atoms with van der Waals surface area (Å²) in [6.45, 7) is 3.64. The fourth-order valence-corrected chi connectivity index (χ4v) is 2.04. The van der Waals surface area contributed by atoms with E-state index in [1.165, 1.54) is 11.8 Å². The second kappa shape index (κ2) is 6.38. The summed E-state index contributed by atoms with van der Waals surface area (Å²) in [5.41, 5.74) is 0.964. The molecule has 0 unspecified atom stereocenters. The topological polar surface area (TPSA) is 67.9 Å². The second-order valence-electron chi connectivity index (χ2n) is 4.16. The van der Waals surface area contributed by atoms with Crippen molar-refractivity contribution in [1.82, 2.24) is 15.2 Å². The van der Waals surface area contributed by atoms with Gasteiger partial charge >= 0.3 is 5.97 Å². The van der Waals surface area contributed by atoms with E-state index in [9.17, 15) is 4.79 Å². The zero-order valence-corrected chi connectivity index (χ0v) is 11.6. The van der Waals surface area contributed by atoms with Crippen LogP contribution in [0.5, 0.6) is 0 Å². The van der Waals surface area contributed by atoms with Crippen LogP contribution in [-0.2, 0) is 9.53 Å². The third-order valence-electron chi connectivity index (χ3n) is 2.20. The largest absolute Gasteiger partial charge is 0.462 e. The molecule has 100 valence electrons. The Labute approximate surface area is 115 Å². The predicted molar refractivity (Wildman–Crippen MR) is 73.8 cm³/mol. The van der Waals surface area contributed by atoms with Gasteiger partial charge in [-0.25, -0.2) is 4.98 Å². The molecule has 1 aromatic heterocycles. The molecule has 1 heterocycles. The van der Waals surface area contributed by atoms with Gasteiger partial charge in [0, 0.05) is 5.56 Å². The Bertz CT molecular complexity index is 540. The maximum atomic E-state index is 11.4. The number of benzene rings is 1. The van der Waals surface area contributed by atoms with Crippen LogP contribution in [-0.4, -0.2) is 33.0 Å². The number of H-pyrrole nitrogens is 1. The monoisotopic (exact) mass is 277 g/mol. The van der Waals surface area contributed by atoms with Crippen LogP contribution >= 0.6 is 11.8 Å². The minimum absolute atomic E-state index is 0.0971. The van der Waals surface area contributed by atoms with Gasteiger partial charge < -0.3 is 4.74 Å². The van der Waals surface area contributed by atoms with Crippen LogP contribution < -0.4 is 0 Å². The molecule has 19 heavy (non-hydrogen) atoms. The molecule has 1 aromatic carbocycles. The molecular weight excluding hydrogens is 262 g/mol. The van der Waals surface area contributed by atoms with Gasteiger partial charge in [0.25, 0.3) is 0 Å². The molecule has 0 radical (unpaired) electrons. The molecule has 0 aliphatic carbocycles. The molecule has 0 saturated carbocycles. The van der Waals surface area contributed by atoms with E-state index in [2.05, 4.69) is 15.2 Å². The highest BCUT2D eigenvalue weighted by molar-refractivity contribution is 7.99. The minimum Gasteiger partial charge on any atom is -0.462 e. The molecule has 0 spiro atoms. The summed E-state index contributed by atoms with van der Waals surface area (Å²) in [5.74, 6) is 0.649. The molecule has 0 saturated heterocycles. The summed E-state index contributed by atoms with van der Waals surface area (Å²) < 4.78 is 5.04. The van der Waals surface area contributed by atoms with Gasteiger partial charge in [-0.15, -0.1) is 5.10 Å². The summed E-state index contributed by atoms with van der Waals surface area (Å²) in [7, 11) is 0. The minimum atomic E-state index is -0.258. The van der Waals surface area contributed by atoms with Crippen LogP contribution in [0, 0.1) is 0 Å². The number of carbonyl (C=O) groups is 1. The number of ether oxygens (including phenoxy) is 1. The number of hydrogen-bond acceptors (Lipinski definition) is 5. The second-order valence-corrected chi connectivity index (χ2v) is 5.10. The third-order valence-corrected chi connectivity index (χ3v) is 3.02. The van der Waals surface area contributed by atoms with Crippen molar-refractivity contribution in [2.45, 2.75) is 25.1 Å². The SMILES string of the molecule is CC(C)OC(=O)CSc1n[nH]c(-c2ccccc2)n1. The quantitative estimate of drug-likeness (QED) is 0.672. The Hall–Kier alpha value is -1.82. The fraction of sp³-hybridized carbons (Fsp3) is 0.308. The summed E-state index contributed by atoms with van der Waals surface area (Å²) in [6.07, 6.45) is -0.0971. The standard InChI is InChI=1S/C13H15N3O2S/c1-9(2)18-11(17)8-19-13-14-12(15-16-13)10-6-4-3-5-7-10/h3-7,9H,8H2,1-2H3,(H,14,15,16). The predicted octanol–water partition coefficient (Wildman–Crippen LogP) is 2.52. The molecular formula is C13H15N3O2S. The van der Waals surface area contributed by atoms with Crippen molar-refractivity contribution in [3.63, 3.8) is 0 Å². The lowest BCUT2D eigenvalue weighted by atomic mass is 10.2. The molecule has 2 aromatic rings. The lowest BCUT2D eigenvalue weighted by Crippen LogP contribution is -2.13. The summed E-state index contributed by atoms with van der Waals surface area (Å²) in [5, 5.41) is 7.46. The highest BCUT2D eigenvalue weighted by Gasteiger charge is 2.10. The summed E-state index contributed by atoms with van der Waals surface area (Å²) >= 11 is 1.26.